The monoisotopic (exact) mass is 304 g/mol. The number of aromatic nitrogens is 1. The maximum absolute atomic E-state index is 10.5. The van der Waals surface area contributed by atoms with Crippen LogP contribution in [0.3, 0.4) is 0 Å². The molecule has 0 radical (unpaired) electrons. The summed E-state index contributed by atoms with van der Waals surface area (Å²) in [6.45, 7) is 0.266. The molecule has 0 saturated heterocycles. The summed E-state index contributed by atoms with van der Waals surface area (Å²) in [6, 6.07) is 4.04. The number of nitro groups is 1. The van der Waals surface area contributed by atoms with Gasteiger partial charge in [-0.25, -0.2) is 4.98 Å². The summed E-state index contributed by atoms with van der Waals surface area (Å²) < 4.78 is 5.86. The Morgan fingerprint density at radius 2 is 2.22 bits per heavy atom. The molecule has 0 aliphatic heterocycles. The number of ether oxygens (including phenoxy) is 1. The second-order valence-corrected chi connectivity index (χ2v) is 5.34. The van der Waals surface area contributed by atoms with Gasteiger partial charge in [0, 0.05) is 18.3 Å². The molecule has 1 heterocycles. The van der Waals surface area contributed by atoms with E-state index in [4.69, 9.17) is 27.9 Å². The van der Waals surface area contributed by atoms with Crippen molar-refractivity contribution in [3.63, 3.8) is 0 Å². The largest absolute Gasteiger partial charge is 0.486 e. The van der Waals surface area contributed by atoms with E-state index in [1.165, 1.54) is 29.5 Å². The average Bonchev–Trinajstić information content (AvgIpc) is 2.73. The summed E-state index contributed by atoms with van der Waals surface area (Å²) >= 11 is 12.9. The lowest BCUT2D eigenvalue weighted by molar-refractivity contribution is -0.384. The first-order chi connectivity index (χ1) is 8.56. The number of halogens is 2. The number of hydrogen-bond acceptors (Lipinski definition) is 5. The number of benzene rings is 1. The molecule has 0 aliphatic rings. The van der Waals surface area contributed by atoms with Crippen molar-refractivity contribution >= 4 is 40.2 Å². The normalized spacial score (nSPS) is 10.3. The summed E-state index contributed by atoms with van der Waals surface area (Å²) in [6.07, 6.45) is 1.60. The third-order valence-electron chi connectivity index (χ3n) is 2.02. The van der Waals surface area contributed by atoms with Crippen molar-refractivity contribution in [1.29, 1.82) is 0 Å². The van der Waals surface area contributed by atoms with Crippen LogP contribution in [0.2, 0.25) is 9.49 Å². The van der Waals surface area contributed by atoms with E-state index in [-0.39, 0.29) is 17.3 Å². The van der Waals surface area contributed by atoms with Crippen LogP contribution in [0, 0.1) is 10.1 Å². The molecule has 0 saturated carbocycles. The van der Waals surface area contributed by atoms with Crippen LogP contribution < -0.4 is 4.74 Å². The molecule has 0 unspecified atom stereocenters. The molecule has 0 spiro atoms. The van der Waals surface area contributed by atoms with E-state index < -0.39 is 4.92 Å². The van der Waals surface area contributed by atoms with Crippen LogP contribution in [-0.2, 0) is 6.61 Å². The summed E-state index contributed by atoms with van der Waals surface area (Å²) in [5.41, 5.74) is -0.0758. The first-order valence-corrected chi connectivity index (χ1v) is 6.30. The van der Waals surface area contributed by atoms with Crippen molar-refractivity contribution < 1.29 is 9.66 Å². The maximum Gasteiger partial charge on any atom is 0.271 e. The summed E-state index contributed by atoms with van der Waals surface area (Å²) in [5, 5.41) is 10.7. The predicted molar refractivity (Wildman–Crippen MR) is 69.6 cm³/mol. The highest BCUT2D eigenvalue weighted by atomic mass is 35.5. The Bertz CT molecular complexity index is 588. The minimum atomic E-state index is -0.515. The van der Waals surface area contributed by atoms with Crippen molar-refractivity contribution in [2.45, 2.75) is 6.61 Å². The zero-order valence-corrected chi connectivity index (χ0v) is 11.1. The Balaban J connectivity index is 2.08. The van der Waals surface area contributed by atoms with Gasteiger partial charge in [-0.2, -0.15) is 0 Å². The lowest BCUT2D eigenvalue weighted by Crippen LogP contribution is -1.94. The van der Waals surface area contributed by atoms with Crippen LogP contribution in [0.4, 0.5) is 5.69 Å². The predicted octanol–water partition coefficient (Wildman–Crippen LogP) is 3.94. The van der Waals surface area contributed by atoms with Crippen LogP contribution in [-0.4, -0.2) is 9.91 Å². The van der Waals surface area contributed by atoms with Gasteiger partial charge in [-0.1, -0.05) is 23.2 Å². The van der Waals surface area contributed by atoms with Gasteiger partial charge in [-0.15, -0.1) is 11.3 Å². The van der Waals surface area contributed by atoms with E-state index in [9.17, 15) is 10.1 Å². The molecule has 0 atom stereocenters. The fraction of sp³-hybridized carbons (Fsp3) is 0.100. The standard InChI is InChI=1S/C10H6Cl2N2O3S/c11-8-3-6(14(15)16)1-2-9(8)17-5-7-4-13-10(12)18-7/h1-4H,5H2. The first kappa shape index (κ1) is 13.1. The van der Waals surface area contributed by atoms with E-state index in [0.717, 1.165) is 4.88 Å². The second kappa shape index (κ2) is 5.51. The molecule has 2 rings (SSSR count). The van der Waals surface area contributed by atoms with Crippen molar-refractivity contribution in [2.75, 3.05) is 0 Å². The molecule has 0 amide bonds. The van der Waals surface area contributed by atoms with Gasteiger partial charge in [-0.05, 0) is 6.07 Å². The van der Waals surface area contributed by atoms with Gasteiger partial charge in [0.1, 0.15) is 12.4 Å². The lowest BCUT2D eigenvalue weighted by Gasteiger charge is -2.05. The molecule has 1 aromatic heterocycles. The summed E-state index contributed by atoms with van der Waals surface area (Å²) in [4.78, 5) is 14.7. The van der Waals surface area contributed by atoms with Crippen molar-refractivity contribution in [1.82, 2.24) is 4.98 Å². The number of thiazole rings is 1. The molecule has 0 N–H and O–H groups in total. The lowest BCUT2D eigenvalue weighted by atomic mass is 10.3. The van der Waals surface area contributed by atoms with Gasteiger partial charge < -0.3 is 4.74 Å². The molecular formula is C10H6Cl2N2O3S. The Hall–Kier alpha value is -1.37. The maximum atomic E-state index is 10.5. The fourth-order valence-corrected chi connectivity index (χ4v) is 2.34. The number of nitro benzene ring substituents is 1. The second-order valence-electron chi connectivity index (χ2n) is 3.24. The molecule has 8 heteroatoms. The fourth-order valence-electron chi connectivity index (χ4n) is 1.22. The molecule has 0 bridgehead atoms. The van der Waals surface area contributed by atoms with Gasteiger partial charge in [-0.3, -0.25) is 10.1 Å². The zero-order valence-electron chi connectivity index (χ0n) is 8.80. The Morgan fingerprint density at radius 1 is 1.44 bits per heavy atom. The minimum Gasteiger partial charge on any atom is -0.486 e. The topological polar surface area (TPSA) is 65.3 Å². The van der Waals surface area contributed by atoms with E-state index in [1.807, 2.05) is 0 Å². The van der Waals surface area contributed by atoms with E-state index in [2.05, 4.69) is 4.98 Å². The van der Waals surface area contributed by atoms with Gasteiger partial charge in [0.25, 0.3) is 5.69 Å². The smallest absolute Gasteiger partial charge is 0.271 e. The summed E-state index contributed by atoms with van der Waals surface area (Å²) in [5.74, 6) is 0.381. The summed E-state index contributed by atoms with van der Waals surface area (Å²) in [7, 11) is 0. The highest BCUT2D eigenvalue weighted by Gasteiger charge is 2.10. The minimum absolute atomic E-state index is 0.0758. The molecule has 2 aromatic rings. The van der Waals surface area contributed by atoms with Gasteiger partial charge in [0.15, 0.2) is 4.47 Å². The van der Waals surface area contributed by atoms with Crippen molar-refractivity contribution in [3.8, 4) is 5.75 Å². The van der Waals surface area contributed by atoms with Crippen LogP contribution in [0.1, 0.15) is 4.88 Å². The quantitative estimate of drug-likeness (QED) is 0.634. The van der Waals surface area contributed by atoms with Crippen molar-refractivity contribution in [2.24, 2.45) is 0 Å². The van der Waals surface area contributed by atoms with Crippen LogP contribution in [0.25, 0.3) is 0 Å². The Kier molecular flexibility index (Phi) is 4.00. The van der Waals surface area contributed by atoms with Gasteiger partial charge in [0.2, 0.25) is 0 Å². The number of rotatable bonds is 4. The van der Waals surface area contributed by atoms with Crippen molar-refractivity contribution in [3.05, 3.63) is 48.9 Å². The number of hydrogen-bond donors (Lipinski definition) is 0. The van der Waals surface area contributed by atoms with E-state index in [1.54, 1.807) is 6.20 Å². The Morgan fingerprint density at radius 3 is 2.78 bits per heavy atom. The molecule has 94 valence electrons. The molecule has 5 nitrogen and oxygen atoms in total. The molecule has 0 fully saturated rings. The van der Waals surface area contributed by atoms with Crippen LogP contribution in [0.15, 0.2) is 24.4 Å². The third-order valence-corrected chi connectivity index (χ3v) is 3.41. The molecular weight excluding hydrogens is 299 g/mol. The third kappa shape index (κ3) is 3.10. The molecule has 18 heavy (non-hydrogen) atoms. The van der Waals surface area contributed by atoms with Crippen LogP contribution >= 0.6 is 34.5 Å². The number of nitrogens with zero attached hydrogens (tertiary/aromatic N) is 2. The van der Waals surface area contributed by atoms with Gasteiger partial charge in [0.05, 0.1) is 14.8 Å². The first-order valence-electron chi connectivity index (χ1n) is 4.73. The zero-order chi connectivity index (χ0) is 13.1. The number of non-ortho nitro benzene ring substituents is 1. The van der Waals surface area contributed by atoms with E-state index >= 15 is 0 Å². The SMILES string of the molecule is O=[N+]([O-])c1ccc(OCc2cnc(Cl)s2)c(Cl)c1. The molecule has 1 aromatic carbocycles. The van der Waals surface area contributed by atoms with Crippen LogP contribution in [0.5, 0.6) is 5.75 Å². The highest BCUT2D eigenvalue weighted by Crippen LogP contribution is 2.29. The van der Waals surface area contributed by atoms with Gasteiger partial charge >= 0.3 is 0 Å². The molecule has 0 aliphatic carbocycles. The van der Waals surface area contributed by atoms with E-state index in [0.29, 0.717) is 10.2 Å². The highest BCUT2D eigenvalue weighted by molar-refractivity contribution is 7.15. The Labute approximate surface area is 116 Å². The average molecular weight is 305 g/mol.